The van der Waals surface area contributed by atoms with Crippen molar-refractivity contribution in [2.24, 2.45) is 0 Å². The van der Waals surface area contributed by atoms with Crippen LogP contribution in [0.3, 0.4) is 0 Å². The van der Waals surface area contributed by atoms with E-state index in [0.29, 0.717) is 23.4 Å². The molecular formula is C10H13ClN2O. The van der Waals surface area contributed by atoms with Crippen molar-refractivity contribution < 1.29 is 4.74 Å². The quantitative estimate of drug-likeness (QED) is 0.650. The highest BCUT2D eigenvalue weighted by molar-refractivity contribution is 6.33. The fourth-order valence-corrected chi connectivity index (χ4v) is 1.82. The minimum Gasteiger partial charge on any atom is -0.488 e. The van der Waals surface area contributed by atoms with E-state index < -0.39 is 0 Å². The lowest BCUT2D eigenvalue weighted by molar-refractivity contribution is 0.292. The molecule has 0 spiro atoms. The topological polar surface area (TPSA) is 47.3 Å². The summed E-state index contributed by atoms with van der Waals surface area (Å²) in [6.07, 6.45) is 0. The molecule has 1 aromatic carbocycles. The van der Waals surface area contributed by atoms with Crippen LogP contribution in [0.15, 0.2) is 6.07 Å². The highest BCUT2D eigenvalue weighted by atomic mass is 35.5. The summed E-state index contributed by atoms with van der Waals surface area (Å²) in [7, 11) is 0. The van der Waals surface area contributed by atoms with Gasteiger partial charge in [-0.3, -0.25) is 0 Å². The van der Waals surface area contributed by atoms with Crippen molar-refractivity contribution in [1.29, 1.82) is 0 Å². The molecule has 0 radical (unpaired) electrons. The SMILES string of the molecule is Cc1c(N)cc(Cl)c2c1NC(C)CO2. The van der Waals surface area contributed by atoms with E-state index in [1.54, 1.807) is 6.07 Å². The monoisotopic (exact) mass is 212 g/mol. The molecule has 1 aliphatic rings. The third-order valence-electron chi connectivity index (χ3n) is 2.40. The summed E-state index contributed by atoms with van der Waals surface area (Å²) in [5.74, 6) is 0.719. The number of anilines is 2. The van der Waals surface area contributed by atoms with E-state index >= 15 is 0 Å². The highest BCUT2D eigenvalue weighted by Crippen LogP contribution is 2.41. The maximum Gasteiger partial charge on any atom is 0.161 e. The number of nitrogens with two attached hydrogens (primary N) is 1. The zero-order valence-corrected chi connectivity index (χ0v) is 8.98. The molecule has 4 heteroatoms. The molecule has 1 unspecified atom stereocenters. The van der Waals surface area contributed by atoms with Crippen molar-refractivity contribution in [3.8, 4) is 5.75 Å². The van der Waals surface area contributed by atoms with Gasteiger partial charge in [-0.25, -0.2) is 0 Å². The lowest BCUT2D eigenvalue weighted by Crippen LogP contribution is -2.29. The Morgan fingerprint density at radius 1 is 1.64 bits per heavy atom. The molecule has 3 N–H and O–H groups in total. The van der Waals surface area contributed by atoms with Crippen LogP contribution in [-0.4, -0.2) is 12.6 Å². The molecule has 3 nitrogen and oxygen atoms in total. The number of hydrogen-bond donors (Lipinski definition) is 2. The summed E-state index contributed by atoms with van der Waals surface area (Å²) in [6, 6.07) is 2.02. The molecule has 0 amide bonds. The maximum absolute atomic E-state index is 6.02. The number of benzene rings is 1. The van der Waals surface area contributed by atoms with Crippen LogP contribution in [0, 0.1) is 6.92 Å². The Bertz CT molecular complexity index is 379. The first-order valence-corrected chi connectivity index (χ1v) is 4.95. The molecule has 1 aliphatic heterocycles. The van der Waals surface area contributed by atoms with E-state index in [9.17, 15) is 0 Å². The Kier molecular flexibility index (Phi) is 2.19. The van der Waals surface area contributed by atoms with Crippen molar-refractivity contribution in [2.75, 3.05) is 17.7 Å². The summed E-state index contributed by atoms with van der Waals surface area (Å²) in [4.78, 5) is 0. The van der Waals surface area contributed by atoms with E-state index in [0.717, 1.165) is 17.0 Å². The van der Waals surface area contributed by atoms with E-state index in [2.05, 4.69) is 12.2 Å². The van der Waals surface area contributed by atoms with Gasteiger partial charge in [0.1, 0.15) is 6.61 Å². The Morgan fingerprint density at radius 2 is 2.36 bits per heavy atom. The van der Waals surface area contributed by atoms with E-state index in [1.807, 2.05) is 6.92 Å². The maximum atomic E-state index is 6.02. The Labute approximate surface area is 88.2 Å². The number of hydrogen-bond acceptors (Lipinski definition) is 3. The van der Waals surface area contributed by atoms with Crippen LogP contribution in [0.2, 0.25) is 5.02 Å². The molecule has 0 saturated heterocycles. The Balaban J connectivity index is 2.57. The van der Waals surface area contributed by atoms with Gasteiger partial charge in [0, 0.05) is 5.69 Å². The van der Waals surface area contributed by atoms with Crippen molar-refractivity contribution in [3.63, 3.8) is 0 Å². The van der Waals surface area contributed by atoms with E-state index in [-0.39, 0.29) is 0 Å². The fraction of sp³-hybridized carbons (Fsp3) is 0.400. The molecule has 1 atom stereocenters. The van der Waals surface area contributed by atoms with Gasteiger partial charge in [0.05, 0.1) is 16.8 Å². The standard InChI is InChI=1S/C10H13ClN2O/c1-5-4-14-10-7(11)3-8(12)6(2)9(10)13-5/h3,5,13H,4,12H2,1-2H3. The zero-order valence-electron chi connectivity index (χ0n) is 8.23. The van der Waals surface area contributed by atoms with E-state index in [1.165, 1.54) is 0 Å². The lowest BCUT2D eigenvalue weighted by atomic mass is 10.1. The van der Waals surface area contributed by atoms with Crippen LogP contribution < -0.4 is 15.8 Å². The van der Waals surface area contributed by atoms with Crippen LogP contribution in [0.4, 0.5) is 11.4 Å². The average Bonchev–Trinajstić information content (AvgIpc) is 2.14. The van der Waals surface area contributed by atoms with Gasteiger partial charge in [-0.1, -0.05) is 11.6 Å². The number of halogens is 1. The number of rotatable bonds is 0. The van der Waals surface area contributed by atoms with Crippen LogP contribution in [0.1, 0.15) is 12.5 Å². The fourth-order valence-electron chi connectivity index (χ4n) is 1.56. The highest BCUT2D eigenvalue weighted by Gasteiger charge is 2.21. The summed E-state index contributed by atoms with van der Waals surface area (Å²) < 4.78 is 5.55. The number of nitrogen functional groups attached to an aromatic ring is 1. The minimum atomic E-state index is 0.291. The molecule has 0 bridgehead atoms. The Hall–Kier alpha value is -1.09. The first-order chi connectivity index (χ1) is 6.59. The number of ether oxygens (including phenoxy) is 1. The molecule has 14 heavy (non-hydrogen) atoms. The third kappa shape index (κ3) is 1.38. The normalized spacial score (nSPS) is 19.5. The van der Waals surface area contributed by atoms with Gasteiger partial charge in [-0.15, -0.1) is 0 Å². The number of fused-ring (bicyclic) bond motifs is 1. The molecule has 2 rings (SSSR count). The second-order valence-electron chi connectivity index (χ2n) is 3.63. The van der Waals surface area contributed by atoms with Crippen molar-refractivity contribution >= 4 is 23.0 Å². The zero-order chi connectivity index (χ0) is 10.3. The summed E-state index contributed by atoms with van der Waals surface area (Å²) in [6.45, 7) is 4.65. The molecule has 0 aliphatic carbocycles. The lowest BCUT2D eigenvalue weighted by Gasteiger charge is -2.27. The third-order valence-corrected chi connectivity index (χ3v) is 2.68. The molecule has 1 aromatic rings. The summed E-state index contributed by atoms with van der Waals surface area (Å²) in [5.41, 5.74) is 8.42. The van der Waals surface area contributed by atoms with E-state index in [4.69, 9.17) is 22.1 Å². The van der Waals surface area contributed by atoms with Crippen LogP contribution in [-0.2, 0) is 0 Å². The molecule has 0 fully saturated rings. The largest absolute Gasteiger partial charge is 0.488 e. The molecule has 0 saturated carbocycles. The van der Waals surface area contributed by atoms with Gasteiger partial charge in [0.15, 0.2) is 5.75 Å². The first-order valence-electron chi connectivity index (χ1n) is 4.57. The number of nitrogens with one attached hydrogen (secondary N) is 1. The van der Waals surface area contributed by atoms with Crippen LogP contribution >= 0.6 is 11.6 Å². The van der Waals surface area contributed by atoms with Gasteiger partial charge in [0.2, 0.25) is 0 Å². The summed E-state index contributed by atoms with van der Waals surface area (Å²) in [5, 5.41) is 3.89. The predicted octanol–water partition coefficient (Wildman–Crippen LogP) is 2.42. The first kappa shape index (κ1) is 9.46. The molecule has 76 valence electrons. The van der Waals surface area contributed by atoms with Crippen LogP contribution in [0.25, 0.3) is 0 Å². The molecule has 0 aromatic heterocycles. The second kappa shape index (κ2) is 3.24. The average molecular weight is 213 g/mol. The van der Waals surface area contributed by atoms with Gasteiger partial charge in [-0.2, -0.15) is 0 Å². The van der Waals surface area contributed by atoms with Crippen LogP contribution in [0.5, 0.6) is 5.75 Å². The second-order valence-corrected chi connectivity index (χ2v) is 4.04. The molecular weight excluding hydrogens is 200 g/mol. The van der Waals surface area contributed by atoms with Gasteiger partial charge in [0.25, 0.3) is 0 Å². The van der Waals surface area contributed by atoms with Gasteiger partial charge < -0.3 is 15.8 Å². The smallest absolute Gasteiger partial charge is 0.161 e. The van der Waals surface area contributed by atoms with Gasteiger partial charge >= 0.3 is 0 Å². The molecule has 1 heterocycles. The van der Waals surface area contributed by atoms with Crippen molar-refractivity contribution in [3.05, 3.63) is 16.7 Å². The van der Waals surface area contributed by atoms with Gasteiger partial charge in [-0.05, 0) is 25.5 Å². The minimum absolute atomic E-state index is 0.291. The van der Waals surface area contributed by atoms with Crippen molar-refractivity contribution in [2.45, 2.75) is 19.9 Å². The predicted molar refractivity (Wildman–Crippen MR) is 59.2 cm³/mol. The summed E-state index contributed by atoms with van der Waals surface area (Å²) >= 11 is 6.02. The Morgan fingerprint density at radius 3 is 3.07 bits per heavy atom. The van der Waals surface area contributed by atoms with Crippen molar-refractivity contribution in [1.82, 2.24) is 0 Å².